The van der Waals surface area contributed by atoms with E-state index in [9.17, 15) is 9.59 Å². The molecule has 3 N–H and O–H groups in total. The van der Waals surface area contributed by atoms with Gasteiger partial charge in [-0.05, 0) is 30.0 Å². The van der Waals surface area contributed by atoms with Crippen molar-refractivity contribution in [1.29, 1.82) is 0 Å². The van der Waals surface area contributed by atoms with Gasteiger partial charge in [-0.1, -0.05) is 19.9 Å². The number of hydrogen-bond acceptors (Lipinski definition) is 3. The first kappa shape index (κ1) is 14.4. The second kappa shape index (κ2) is 5.94. The molecule has 1 unspecified atom stereocenters. The van der Waals surface area contributed by atoms with Gasteiger partial charge in [0.25, 0.3) is 5.91 Å². The number of aliphatic carboxylic acids is 1. The van der Waals surface area contributed by atoms with Crippen LogP contribution in [-0.4, -0.2) is 29.6 Å². The molecule has 0 radical (unpaired) electrons. The number of carbonyl (C=O) groups is 2. The van der Waals surface area contributed by atoms with E-state index in [0.29, 0.717) is 5.56 Å². The third kappa shape index (κ3) is 3.29. The van der Waals surface area contributed by atoms with E-state index < -0.39 is 5.97 Å². The normalized spacial score (nSPS) is 14.6. The van der Waals surface area contributed by atoms with Gasteiger partial charge in [0.1, 0.15) is 0 Å². The van der Waals surface area contributed by atoms with Crippen LogP contribution < -0.4 is 10.6 Å². The fourth-order valence-corrected chi connectivity index (χ4v) is 2.33. The molecule has 1 aliphatic rings. The van der Waals surface area contributed by atoms with E-state index >= 15 is 0 Å². The van der Waals surface area contributed by atoms with Crippen LogP contribution in [0.1, 0.15) is 36.2 Å². The third-order valence-corrected chi connectivity index (χ3v) is 3.60. The number of carbonyl (C=O) groups excluding carboxylic acids is 1. The number of nitrogens with one attached hydrogen (secondary N) is 2. The minimum absolute atomic E-state index is 0.0629. The van der Waals surface area contributed by atoms with Crippen molar-refractivity contribution < 1.29 is 14.7 Å². The molecule has 2 rings (SSSR count). The number of amides is 1. The summed E-state index contributed by atoms with van der Waals surface area (Å²) in [5.74, 6) is -1.05. The van der Waals surface area contributed by atoms with Crippen molar-refractivity contribution >= 4 is 17.6 Å². The number of hydrogen-bond donors (Lipinski definition) is 3. The maximum Gasteiger partial charge on any atom is 0.305 e. The highest BCUT2D eigenvalue weighted by Crippen LogP contribution is 2.23. The van der Waals surface area contributed by atoms with Crippen LogP contribution in [0.3, 0.4) is 0 Å². The monoisotopic (exact) mass is 276 g/mol. The van der Waals surface area contributed by atoms with Gasteiger partial charge in [-0.3, -0.25) is 9.59 Å². The minimum Gasteiger partial charge on any atom is -0.481 e. The molecule has 1 heterocycles. The topological polar surface area (TPSA) is 78.4 Å². The average Bonchev–Trinajstić information content (AvgIpc) is 2.84. The van der Waals surface area contributed by atoms with E-state index in [1.807, 2.05) is 26.0 Å². The Hall–Kier alpha value is -2.04. The summed E-state index contributed by atoms with van der Waals surface area (Å²) >= 11 is 0. The first-order chi connectivity index (χ1) is 9.47. The van der Waals surface area contributed by atoms with Gasteiger partial charge in [-0.2, -0.15) is 0 Å². The lowest BCUT2D eigenvalue weighted by atomic mass is 10.00. The molecule has 1 aromatic rings. The van der Waals surface area contributed by atoms with Gasteiger partial charge >= 0.3 is 5.97 Å². The molecule has 0 bridgehead atoms. The predicted octanol–water partition coefficient (Wildman–Crippen LogP) is 1.88. The molecule has 5 heteroatoms. The van der Waals surface area contributed by atoms with Crippen molar-refractivity contribution in [1.82, 2.24) is 5.32 Å². The zero-order chi connectivity index (χ0) is 14.7. The molecule has 0 saturated carbocycles. The lowest BCUT2D eigenvalue weighted by molar-refractivity contribution is -0.137. The highest BCUT2D eigenvalue weighted by molar-refractivity contribution is 5.96. The summed E-state index contributed by atoms with van der Waals surface area (Å²) < 4.78 is 0. The largest absolute Gasteiger partial charge is 0.481 e. The van der Waals surface area contributed by atoms with Crippen LogP contribution >= 0.6 is 0 Å². The fraction of sp³-hybridized carbons (Fsp3) is 0.467. The first-order valence-electron chi connectivity index (χ1n) is 6.87. The number of carboxylic acid groups (broad SMARTS) is 1. The first-order valence-corrected chi connectivity index (χ1v) is 6.87. The van der Waals surface area contributed by atoms with Crippen LogP contribution in [0.5, 0.6) is 0 Å². The van der Waals surface area contributed by atoms with E-state index in [2.05, 4.69) is 10.6 Å². The fourth-order valence-electron chi connectivity index (χ4n) is 2.33. The van der Waals surface area contributed by atoms with Crippen molar-refractivity contribution in [3.63, 3.8) is 0 Å². The molecule has 1 aromatic carbocycles. The molecule has 0 saturated heterocycles. The summed E-state index contributed by atoms with van der Waals surface area (Å²) in [6.07, 6.45) is 0.914. The summed E-state index contributed by atoms with van der Waals surface area (Å²) in [7, 11) is 0. The van der Waals surface area contributed by atoms with E-state index in [0.717, 1.165) is 18.7 Å². The van der Waals surface area contributed by atoms with Crippen molar-refractivity contribution in [3.05, 3.63) is 29.3 Å². The third-order valence-electron chi connectivity index (χ3n) is 3.60. The van der Waals surface area contributed by atoms with Crippen LogP contribution in [0.2, 0.25) is 0 Å². The van der Waals surface area contributed by atoms with Crippen molar-refractivity contribution in [2.24, 2.45) is 5.92 Å². The molecule has 0 fully saturated rings. The van der Waals surface area contributed by atoms with Gasteiger partial charge in [0, 0.05) is 23.8 Å². The van der Waals surface area contributed by atoms with Gasteiger partial charge in [0.15, 0.2) is 0 Å². The van der Waals surface area contributed by atoms with Crippen LogP contribution in [0, 0.1) is 5.92 Å². The number of anilines is 1. The lowest BCUT2D eigenvalue weighted by Gasteiger charge is -2.20. The molecule has 0 aromatic heterocycles. The molecule has 20 heavy (non-hydrogen) atoms. The second-order valence-electron chi connectivity index (χ2n) is 5.47. The summed E-state index contributed by atoms with van der Waals surface area (Å²) in [5.41, 5.74) is 2.78. The van der Waals surface area contributed by atoms with Crippen molar-refractivity contribution in [2.75, 3.05) is 11.9 Å². The van der Waals surface area contributed by atoms with Crippen LogP contribution in [0.15, 0.2) is 18.2 Å². The Morgan fingerprint density at radius 3 is 2.80 bits per heavy atom. The average molecular weight is 276 g/mol. The molecule has 1 amide bonds. The van der Waals surface area contributed by atoms with Gasteiger partial charge in [0.05, 0.1) is 6.42 Å². The molecule has 0 aliphatic carbocycles. The molecule has 108 valence electrons. The Morgan fingerprint density at radius 1 is 1.40 bits per heavy atom. The van der Waals surface area contributed by atoms with Crippen LogP contribution in [0.4, 0.5) is 5.69 Å². The Balaban J connectivity index is 2.08. The van der Waals surface area contributed by atoms with E-state index in [-0.39, 0.29) is 24.3 Å². The number of carboxylic acids is 1. The summed E-state index contributed by atoms with van der Waals surface area (Å²) in [6.45, 7) is 4.70. The Kier molecular flexibility index (Phi) is 4.27. The van der Waals surface area contributed by atoms with Crippen LogP contribution in [0.25, 0.3) is 0 Å². The number of benzene rings is 1. The Labute approximate surface area is 118 Å². The van der Waals surface area contributed by atoms with Gasteiger partial charge < -0.3 is 15.7 Å². The van der Waals surface area contributed by atoms with Gasteiger partial charge in [-0.15, -0.1) is 0 Å². The number of rotatable bonds is 5. The smallest absolute Gasteiger partial charge is 0.305 e. The highest BCUT2D eigenvalue weighted by atomic mass is 16.4. The van der Waals surface area contributed by atoms with E-state index in [4.69, 9.17) is 5.11 Å². The summed E-state index contributed by atoms with van der Waals surface area (Å²) in [6, 6.07) is 5.21. The molecule has 5 nitrogen and oxygen atoms in total. The maximum atomic E-state index is 12.2. The van der Waals surface area contributed by atoms with Crippen molar-refractivity contribution in [3.8, 4) is 0 Å². The molecule has 0 spiro atoms. The zero-order valence-electron chi connectivity index (χ0n) is 11.8. The number of fused-ring (bicyclic) bond motifs is 1. The van der Waals surface area contributed by atoms with Gasteiger partial charge in [0.2, 0.25) is 0 Å². The van der Waals surface area contributed by atoms with E-state index in [1.54, 1.807) is 6.07 Å². The Bertz CT molecular complexity index is 526. The van der Waals surface area contributed by atoms with Gasteiger partial charge in [-0.25, -0.2) is 0 Å². The molecule has 1 atom stereocenters. The maximum absolute atomic E-state index is 12.2. The standard InChI is InChI=1S/C15H20N2O3/c1-9(2)12(8-14(18)19)17-15(20)11-4-3-10-5-6-16-13(10)7-11/h3-4,7,9,12,16H,5-6,8H2,1-2H3,(H,17,20)(H,18,19). The van der Waals surface area contributed by atoms with Crippen molar-refractivity contribution in [2.45, 2.75) is 32.7 Å². The predicted molar refractivity (Wildman–Crippen MR) is 77.0 cm³/mol. The SMILES string of the molecule is CC(C)C(CC(=O)O)NC(=O)c1ccc2c(c1)NCC2. The summed E-state index contributed by atoms with van der Waals surface area (Å²) in [4.78, 5) is 23.0. The molecular weight excluding hydrogens is 256 g/mol. The second-order valence-corrected chi connectivity index (χ2v) is 5.47. The molecule has 1 aliphatic heterocycles. The van der Waals surface area contributed by atoms with E-state index in [1.165, 1.54) is 5.56 Å². The lowest BCUT2D eigenvalue weighted by Crippen LogP contribution is -2.40. The minimum atomic E-state index is -0.903. The Morgan fingerprint density at radius 2 is 2.15 bits per heavy atom. The molecular formula is C15H20N2O3. The van der Waals surface area contributed by atoms with Crippen LogP contribution in [-0.2, 0) is 11.2 Å². The quantitative estimate of drug-likeness (QED) is 0.767. The highest BCUT2D eigenvalue weighted by Gasteiger charge is 2.21. The zero-order valence-corrected chi connectivity index (χ0v) is 11.8. The summed E-state index contributed by atoms with van der Waals surface area (Å²) in [5, 5.41) is 14.9.